The van der Waals surface area contributed by atoms with Crippen LogP contribution in [0.3, 0.4) is 0 Å². The molecule has 0 amide bonds. The number of pyridine rings is 1. The van der Waals surface area contributed by atoms with E-state index in [4.69, 9.17) is 5.73 Å². The standard InChI is InChI=1S/C15H23N3/c16-10-12-4-1-6-14(12)18-9-3-7-15(18)13-5-2-8-17-11-13/h2,5,8,11-12,14-15H,1,3-4,6-7,9-10,16H2. The first-order valence-electron chi connectivity index (χ1n) is 7.26. The maximum atomic E-state index is 5.94. The lowest BCUT2D eigenvalue weighted by atomic mass is 9.99. The highest BCUT2D eigenvalue weighted by atomic mass is 15.2. The number of rotatable bonds is 3. The van der Waals surface area contributed by atoms with E-state index < -0.39 is 0 Å². The summed E-state index contributed by atoms with van der Waals surface area (Å²) < 4.78 is 0. The van der Waals surface area contributed by atoms with Gasteiger partial charge in [0, 0.05) is 24.5 Å². The summed E-state index contributed by atoms with van der Waals surface area (Å²) in [7, 11) is 0. The van der Waals surface area contributed by atoms with Gasteiger partial charge < -0.3 is 5.73 Å². The monoisotopic (exact) mass is 245 g/mol. The molecule has 0 aromatic carbocycles. The molecule has 2 heterocycles. The van der Waals surface area contributed by atoms with Gasteiger partial charge >= 0.3 is 0 Å². The van der Waals surface area contributed by atoms with Crippen LogP contribution in [0.2, 0.25) is 0 Å². The van der Waals surface area contributed by atoms with Crippen molar-refractivity contribution in [3.8, 4) is 0 Å². The van der Waals surface area contributed by atoms with E-state index in [1.807, 2.05) is 12.4 Å². The molecule has 1 saturated heterocycles. The zero-order valence-electron chi connectivity index (χ0n) is 11.0. The minimum absolute atomic E-state index is 0.579. The lowest BCUT2D eigenvalue weighted by molar-refractivity contribution is 0.147. The molecule has 3 rings (SSSR count). The number of likely N-dealkylation sites (tertiary alicyclic amines) is 1. The molecule has 3 unspecified atom stereocenters. The van der Waals surface area contributed by atoms with Gasteiger partial charge in [0.2, 0.25) is 0 Å². The van der Waals surface area contributed by atoms with Crippen molar-refractivity contribution in [2.75, 3.05) is 13.1 Å². The highest BCUT2D eigenvalue weighted by molar-refractivity contribution is 5.16. The van der Waals surface area contributed by atoms with Crippen molar-refractivity contribution in [1.82, 2.24) is 9.88 Å². The summed E-state index contributed by atoms with van der Waals surface area (Å²) >= 11 is 0. The molecule has 2 N–H and O–H groups in total. The molecule has 0 radical (unpaired) electrons. The van der Waals surface area contributed by atoms with E-state index in [1.54, 1.807) is 0 Å². The Morgan fingerprint density at radius 2 is 2.22 bits per heavy atom. The van der Waals surface area contributed by atoms with Crippen LogP contribution < -0.4 is 5.73 Å². The summed E-state index contributed by atoms with van der Waals surface area (Å²) in [5, 5.41) is 0. The lowest BCUT2D eigenvalue weighted by Gasteiger charge is -2.34. The molecule has 3 heteroatoms. The Kier molecular flexibility index (Phi) is 3.62. The van der Waals surface area contributed by atoms with Crippen LogP contribution in [0.1, 0.15) is 43.7 Å². The molecule has 1 aromatic heterocycles. The van der Waals surface area contributed by atoms with Gasteiger partial charge in [0.25, 0.3) is 0 Å². The number of nitrogens with two attached hydrogens (primary N) is 1. The molecule has 2 aliphatic rings. The fourth-order valence-electron chi connectivity index (χ4n) is 3.85. The van der Waals surface area contributed by atoms with Gasteiger partial charge in [-0.15, -0.1) is 0 Å². The maximum absolute atomic E-state index is 5.94. The van der Waals surface area contributed by atoms with Gasteiger partial charge in [-0.25, -0.2) is 0 Å². The summed E-state index contributed by atoms with van der Waals surface area (Å²) in [5.41, 5.74) is 7.32. The number of hydrogen-bond donors (Lipinski definition) is 1. The summed E-state index contributed by atoms with van der Waals surface area (Å²) in [6, 6.07) is 5.57. The van der Waals surface area contributed by atoms with Crippen molar-refractivity contribution >= 4 is 0 Å². The molecule has 1 aliphatic heterocycles. The molecule has 2 fully saturated rings. The predicted octanol–water partition coefficient (Wildman–Crippen LogP) is 2.35. The second-order valence-corrected chi connectivity index (χ2v) is 5.68. The Morgan fingerprint density at radius 1 is 1.28 bits per heavy atom. The van der Waals surface area contributed by atoms with Crippen LogP contribution in [-0.4, -0.2) is 29.0 Å². The zero-order valence-corrected chi connectivity index (χ0v) is 11.0. The van der Waals surface area contributed by atoms with Crippen LogP contribution in [0.25, 0.3) is 0 Å². The highest BCUT2D eigenvalue weighted by Gasteiger charge is 2.37. The second-order valence-electron chi connectivity index (χ2n) is 5.68. The minimum Gasteiger partial charge on any atom is -0.330 e. The zero-order chi connectivity index (χ0) is 12.4. The SMILES string of the molecule is NCC1CCCC1N1CCCC1c1cccnc1. The summed E-state index contributed by atoms with van der Waals surface area (Å²) in [6.45, 7) is 2.08. The van der Waals surface area contributed by atoms with Crippen LogP contribution in [-0.2, 0) is 0 Å². The van der Waals surface area contributed by atoms with Gasteiger partial charge in [-0.1, -0.05) is 12.5 Å². The Labute approximate surface area is 109 Å². The van der Waals surface area contributed by atoms with Crippen molar-refractivity contribution in [3.63, 3.8) is 0 Å². The fourth-order valence-corrected chi connectivity index (χ4v) is 3.85. The van der Waals surface area contributed by atoms with Gasteiger partial charge in [0.15, 0.2) is 0 Å². The van der Waals surface area contributed by atoms with Crippen molar-refractivity contribution in [2.45, 2.75) is 44.2 Å². The fraction of sp³-hybridized carbons (Fsp3) is 0.667. The molecule has 98 valence electrons. The molecule has 18 heavy (non-hydrogen) atoms. The van der Waals surface area contributed by atoms with Gasteiger partial charge in [-0.05, 0) is 56.3 Å². The first-order valence-corrected chi connectivity index (χ1v) is 7.26. The van der Waals surface area contributed by atoms with Gasteiger partial charge in [0.05, 0.1) is 0 Å². The van der Waals surface area contributed by atoms with E-state index in [9.17, 15) is 0 Å². The molecular formula is C15H23N3. The summed E-state index contributed by atoms with van der Waals surface area (Å²) in [6.07, 6.45) is 10.5. The number of aromatic nitrogens is 1. The average Bonchev–Trinajstić information content (AvgIpc) is 3.07. The smallest absolute Gasteiger partial charge is 0.0366 e. The van der Waals surface area contributed by atoms with Crippen molar-refractivity contribution in [2.24, 2.45) is 11.7 Å². The molecule has 3 atom stereocenters. The minimum atomic E-state index is 0.579. The Balaban J connectivity index is 1.79. The van der Waals surface area contributed by atoms with Crippen molar-refractivity contribution in [3.05, 3.63) is 30.1 Å². The highest BCUT2D eigenvalue weighted by Crippen LogP contribution is 2.39. The third-order valence-corrected chi connectivity index (χ3v) is 4.71. The van der Waals surface area contributed by atoms with Gasteiger partial charge in [0.1, 0.15) is 0 Å². The molecule has 1 aliphatic carbocycles. The largest absolute Gasteiger partial charge is 0.330 e. The third-order valence-electron chi connectivity index (χ3n) is 4.71. The van der Waals surface area contributed by atoms with Crippen LogP contribution in [0.15, 0.2) is 24.5 Å². The number of hydrogen-bond acceptors (Lipinski definition) is 3. The van der Waals surface area contributed by atoms with Crippen LogP contribution in [0.5, 0.6) is 0 Å². The molecule has 1 aromatic rings. The first-order chi connectivity index (χ1) is 8.90. The molecule has 1 saturated carbocycles. The van der Waals surface area contributed by atoms with E-state index in [1.165, 1.54) is 44.2 Å². The van der Waals surface area contributed by atoms with Crippen LogP contribution in [0, 0.1) is 5.92 Å². The van der Waals surface area contributed by atoms with E-state index in [2.05, 4.69) is 22.0 Å². The van der Waals surface area contributed by atoms with Crippen molar-refractivity contribution in [1.29, 1.82) is 0 Å². The maximum Gasteiger partial charge on any atom is 0.0366 e. The normalized spacial score (nSPS) is 33.1. The molecule has 3 nitrogen and oxygen atoms in total. The molecule has 0 spiro atoms. The Bertz CT molecular complexity index is 379. The predicted molar refractivity (Wildman–Crippen MR) is 73.1 cm³/mol. The second kappa shape index (κ2) is 5.37. The molecular weight excluding hydrogens is 222 g/mol. The third kappa shape index (κ3) is 2.17. The first kappa shape index (κ1) is 12.1. The average molecular weight is 245 g/mol. The Morgan fingerprint density at radius 3 is 3.00 bits per heavy atom. The summed E-state index contributed by atoms with van der Waals surface area (Å²) in [4.78, 5) is 6.99. The molecule has 0 bridgehead atoms. The number of nitrogens with zero attached hydrogens (tertiary/aromatic N) is 2. The summed E-state index contributed by atoms with van der Waals surface area (Å²) in [5.74, 6) is 0.710. The Hall–Kier alpha value is -0.930. The van der Waals surface area contributed by atoms with Crippen molar-refractivity contribution < 1.29 is 0 Å². The van der Waals surface area contributed by atoms with Crippen LogP contribution in [0.4, 0.5) is 0 Å². The van der Waals surface area contributed by atoms with E-state index >= 15 is 0 Å². The quantitative estimate of drug-likeness (QED) is 0.889. The van der Waals surface area contributed by atoms with E-state index in [0.717, 1.165) is 6.54 Å². The lowest BCUT2D eigenvalue weighted by Crippen LogP contribution is -2.39. The topological polar surface area (TPSA) is 42.1 Å². The van der Waals surface area contributed by atoms with E-state index in [-0.39, 0.29) is 0 Å². The van der Waals surface area contributed by atoms with Crippen LogP contribution >= 0.6 is 0 Å². The van der Waals surface area contributed by atoms with E-state index in [0.29, 0.717) is 18.0 Å². The van der Waals surface area contributed by atoms with Gasteiger partial charge in [-0.2, -0.15) is 0 Å². The van der Waals surface area contributed by atoms with Gasteiger partial charge in [-0.3, -0.25) is 9.88 Å².